The summed E-state index contributed by atoms with van der Waals surface area (Å²) < 4.78 is 1.48. The van der Waals surface area contributed by atoms with Crippen LogP contribution in [-0.2, 0) is 0 Å². The molecule has 0 amide bonds. The normalized spacial score (nSPS) is 10.5. The molecular weight excluding hydrogens is 292 g/mol. The molecule has 0 aliphatic heterocycles. The molecule has 0 bridgehead atoms. The molecule has 3 aromatic rings. The largest absolute Gasteiger partial charge is 0.271 e. The molecule has 0 atom stereocenters. The first-order valence-corrected chi connectivity index (χ1v) is 6.45. The maximum Gasteiger partial charge on any atom is 0.271 e. The summed E-state index contributed by atoms with van der Waals surface area (Å²) in [5.41, 5.74) is 1.93. The van der Waals surface area contributed by atoms with Crippen molar-refractivity contribution < 1.29 is 4.92 Å². The summed E-state index contributed by atoms with van der Waals surface area (Å²) >= 11 is 6.11. The Kier molecular flexibility index (Phi) is 3.37. The van der Waals surface area contributed by atoms with Crippen LogP contribution in [0, 0.1) is 10.1 Å². The van der Waals surface area contributed by atoms with E-state index in [2.05, 4.69) is 10.3 Å². The van der Waals surface area contributed by atoms with Crippen molar-refractivity contribution in [1.29, 1.82) is 0 Å². The number of rotatable bonds is 3. The molecule has 3 rings (SSSR count). The molecule has 7 heteroatoms. The van der Waals surface area contributed by atoms with Crippen LogP contribution in [-0.4, -0.2) is 19.9 Å². The Balaban J connectivity index is 2.01. The van der Waals surface area contributed by atoms with Crippen molar-refractivity contribution in [2.24, 2.45) is 0 Å². The van der Waals surface area contributed by atoms with Crippen LogP contribution in [0.2, 0.25) is 5.02 Å². The average Bonchev–Trinajstić information content (AvgIpc) is 2.97. The van der Waals surface area contributed by atoms with Crippen molar-refractivity contribution in [2.75, 3.05) is 0 Å². The maximum atomic E-state index is 10.8. The predicted octanol–water partition coefficient (Wildman–Crippen LogP) is 3.50. The third-order valence-electron chi connectivity index (χ3n) is 2.95. The minimum atomic E-state index is -0.449. The van der Waals surface area contributed by atoms with Crippen LogP contribution in [0.25, 0.3) is 16.9 Å². The number of hydrogen-bond acceptors (Lipinski definition) is 4. The van der Waals surface area contributed by atoms with Gasteiger partial charge in [-0.1, -0.05) is 41.1 Å². The summed E-state index contributed by atoms with van der Waals surface area (Å²) in [6.07, 6.45) is 1.68. The summed E-state index contributed by atoms with van der Waals surface area (Å²) in [4.78, 5) is 10.3. The zero-order chi connectivity index (χ0) is 14.8. The van der Waals surface area contributed by atoms with E-state index in [1.165, 1.54) is 16.8 Å². The van der Waals surface area contributed by atoms with Crippen molar-refractivity contribution in [2.45, 2.75) is 0 Å². The predicted molar refractivity (Wildman–Crippen MR) is 78.5 cm³/mol. The van der Waals surface area contributed by atoms with E-state index in [9.17, 15) is 10.1 Å². The van der Waals surface area contributed by atoms with Crippen molar-refractivity contribution >= 4 is 17.3 Å². The number of halogens is 1. The molecule has 0 radical (unpaired) electrons. The molecule has 6 nitrogen and oxygen atoms in total. The van der Waals surface area contributed by atoms with E-state index in [1.54, 1.807) is 24.4 Å². The first kappa shape index (κ1) is 13.3. The molecule has 21 heavy (non-hydrogen) atoms. The Bertz CT molecular complexity index is 816. The average molecular weight is 301 g/mol. The molecule has 104 valence electrons. The van der Waals surface area contributed by atoms with Gasteiger partial charge in [-0.05, 0) is 12.1 Å². The third-order valence-corrected chi connectivity index (χ3v) is 3.28. The van der Waals surface area contributed by atoms with E-state index in [4.69, 9.17) is 11.6 Å². The molecule has 0 aliphatic carbocycles. The van der Waals surface area contributed by atoms with Gasteiger partial charge in [0, 0.05) is 17.7 Å². The van der Waals surface area contributed by atoms with E-state index < -0.39 is 4.92 Å². The Labute approximate surface area is 124 Å². The molecule has 0 spiro atoms. The summed E-state index contributed by atoms with van der Waals surface area (Å²) in [6, 6.07) is 13.5. The monoisotopic (exact) mass is 300 g/mol. The molecule has 1 aromatic heterocycles. The molecule has 0 fully saturated rings. The van der Waals surface area contributed by atoms with Gasteiger partial charge in [0.25, 0.3) is 5.69 Å². The van der Waals surface area contributed by atoms with Gasteiger partial charge in [-0.25, -0.2) is 4.68 Å². The lowest BCUT2D eigenvalue weighted by Crippen LogP contribution is -1.96. The van der Waals surface area contributed by atoms with Crippen molar-refractivity contribution in [3.8, 4) is 16.9 Å². The maximum absolute atomic E-state index is 10.8. The van der Waals surface area contributed by atoms with Gasteiger partial charge >= 0.3 is 0 Å². The lowest BCUT2D eigenvalue weighted by atomic mass is 10.2. The summed E-state index contributed by atoms with van der Waals surface area (Å²) in [5.74, 6) is 0. The number of non-ortho nitro benzene ring substituents is 1. The highest BCUT2D eigenvalue weighted by Crippen LogP contribution is 2.26. The van der Waals surface area contributed by atoms with Crippen LogP contribution in [0.3, 0.4) is 0 Å². The fourth-order valence-electron chi connectivity index (χ4n) is 1.93. The second-order valence-corrected chi connectivity index (χ2v) is 4.71. The molecule has 0 saturated carbocycles. The molecule has 0 N–H and O–H groups in total. The molecular formula is C14H9ClN4O2. The number of nitro benzene ring substituents is 1. The Morgan fingerprint density at radius 1 is 1.14 bits per heavy atom. The standard InChI is InChI=1S/C14H9ClN4O2/c15-13-7-2-1-6-12(13)14-9-18(17-16-14)10-4-3-5-11(8-10)19(20)21/h1-9H. The van der Waals surface area contributed by atoms with Gasteiger partial charge in [0.1, 0.15) is 5.69 Å². The highest BCUT2D eigenvalue weighted by atomic mass is 35.5. The quantitative estimate of drug-likeness (QED) is 0.548. The van der Waals surface area contributed by atoms with E-state index in [1.807, 2.05) is 18.2 Å². The van der Waals surface area contributed by atoms with Crippen LogP contribution in [0.1, 0.15) is 0 Å². The highest BCUT2D eigenvalue weighted by Gasteiger charge is 2.11. The first-order valence-electron chi connectivity index (χ1n) is 6.07. The number of aromatic nitrogens is 3. The highest BCUT2D eigenvalue weighted by molar-refractivity contribution is 6.33. The Hall–Kier alpha value is -2.73. The van der Waals surface area contributed by atoms with Crippen LogP contribution in [0.4, 0.5) is 5.69 Å². The van der Waals surface area contributed by atoms with Gasteiger partial charge in [0.05, 0.1) is 21.8 Å². The van der Waals surface area contributed by atoms with E-state index in [-0.39, 0.29) is 5.69 Å². The number of nitrogens with zero attached hydrogens (tertiary/aromatic N) is 4. The molecule has 0 saturated heterocycles. The minimum Gasteiger partial charge on any atom is -0.258 e. The molecule has 1 heterocycles. The van der Waals surface area contributed by atoms with Crippen LogP contribution in [0.5, 0.6) is 0 Å². The third kappa shape index (κ3) is 2.61. The van der Waals surface area contributed by atoms with Crippen LogP contribution >= 0.6 is 11.6 Å². The second-order valence-electron chi connectivity index (χ2n) is 4.31. The first-order chi connectivity index (χ1) is 10.1. The lowest BCUT2D eigenvalue weighted by Gasteiger charge is -2.00. The van der Waals surface area contributed by atoms with E-state index >= 15 is 0 Å². The van der Waals surface area contributed by atoms with Gasteiger partial charge < -0.3 is 0 Å². The molecule has 2 aromatic carbocycles. The Morgan fingerprint density at radius 2 is 1.95 bits per heavy atom. The van der Waals surface area contributed by atoms with Crippen LogP contribution in [0.15, 0.2) is 54.7 Å². The second kappa shape index (κ2) is 5.34. The molecule has 0 aliphatic rings. The smallest absolute Gasteiger partial charge is 0.258 e. The fraction of sp³-hybridized carbons (Fsp3) is 0. The number of hydrogen-bond donors (Lipinski definition) is 0. The van der Waals surface area contributed by atoms with Gasteiger partial charge in [-0.2, -0.15) is 0 Å². The zero-order valence-corrected chi connectivity index (χ0v) is 11.4. The summed E-state index contributed by atoms with van der Waals surface area (Å²) in [5, 5.41) is 19.4. The number of benzene rings is 2. The Morgan fingerprint density at radius 3 is 2.71 bits per heavy atom. The van der Waals surface area contributed by atoms with Crippen molar-refractivity contribution in [3.63, 3.8) is 0 Å². The van der Waals surface area contributed by atoms with E-state index in [0.29, 0.717) is 16.4 Å². The van der Waals surface area contributed by atoms with Gasteiger partial charge in [0.15, 0.2) is 0 Å². The fourth-order valence-corrected chi connectivity index (χ4v) is 2.16. The van der Waals surface area contributed by atoms with Gasteiger partial charge in [-0.3, -0.25) is 10.1 Å². The topological polar surface area (TPSA) is 73.8 Å². The van der Waals surface area contributed by atoms with Crippen molar-refractivity contribution in [3.05, 3.63) is 69.9 Å². The van der Waals surface area contributed by atoms with E-state index in [0.717, 1.165) is 5.56 Å². The van der Waals surface area contributed by atoms with Gasteiger partial charge in [-0.15, -0.1) is 5.10 Å². The summed E-state index contributed by atoms with van der Waals surface area (Å²) in [7, 11) is 0. The zero-order valence-electron chi connectivity index (χ0n) is 10.7. The lowest BCUT2D eigenvalue weighted by molar-refractivity contribution is -0.384. The van der Waals surface area contributed by atoms with Crippen molar-refractivity contribution in [1.82, 2.24) is 15.0 Å². The number of nitro groups is 1. The molecule has 0 unspecified atom stereocenters. The van der Waals surface area contributed by atoms with Gasteiger partial charge in [0.2, 0.25) is 0 Å². The SMILES string of the molecule is O=[N+]([O-])c1cccc(-n2cc(-c3ccccc3Cl)nn2)c1. The summed E-state index contributed by atoms with van der Waals surface area (Å²) in [6.45, 7) is 0. The minimum absolute atomic E-state index is 0.00212. The van der Waals surface area contributed by atoms with Crippen LogP contribution < -0.4 is 0 Å².